The molecule has 32 heavy (non-hydrogen) atoms. The zero-order valence-electron chi connectivity index (χ0n) is 20.1. The van der Waals surface area contributed by atoms with Gasteiger partial charge in [-0.1, -0.05) is 113 Å². The molecule has 0 spiro atoms. The highest BCUT2D eigenvalue weighted by atomic mass is 16.5. The van der Waals surface area contributed by atoms with Crippen LogP contribution in [0.4, 0.5) is 0 Å². The van der Waals surface area contributed by atoms with Crippen molar-refractivity contribution in [2.24, 2.45) is 5.41 Å². The first-order valence-electron chi connectivity index (χ1n) is 11.8. The van der Waals surface area contributed by atoms with Gasteiger partial charge in [-0.25, -0.2) is 0 Å². The van der Waals surface area contributed by atoms with Crippen molar-refractivity contribution in [3.8, 4) is 0 Å². The van der Waals surface area contributed by atoms with E-state index in [2.05, 4.69) is 113 Å². The second-order valence-electron chi connectivity index (χ2n) is 9.69. The molecule has 0 N–H and O–H groups in total. The topological polar surface area (TPSA) is 18.5 Å². The number of hydrogen-bond donors (Lipinski definition) is 0. The van der Waals surface area contributed by atoms with Gasteiger partial charge in [0, 0.05) is 11.8 Å². The minimum Gasteiger partial charge on any atom is -0.376 e. The van der Waals surface area contributed by atoms with Gasteiger partial charge >= 0.3 is 0 Å². The molecule has 0 aliphatic heterocycles. The summed E-state index contributed by atoms with van der Waals surface area (Å²) in [4.78, 5) is 0. The zero-order chi connectivity index (χ0) is 22.8. The third kappa shape index (κ3) is 7.32. The van der Waals surface area contributed by atoms with Crippen molar-refractivity contribution in [3.63, 3.8) is 0 Å². The summed E-state index contributed by atoms with van der Waals surface area (Å²) < 4.78 is 12.2. The van der Waals surface area contributed by atoms with Crippen LogP contribution >= 0.6 is 0 Å². The molecule has 0 saturated heterocycles. The summed E-state index contributed by atoms with van der Waals surface area (Å²) >= 11 is 0. The number of hydrogen-bond acceptors (Lipinski definition) is 2. The highest BCUT2D eigenvalue weighted by Gasteiger charge is 2.26. The molecule has 2 atom stereocenters. The molecule has 3 aromatic rings. The number of benzene rings is 3. The van der Waals surface area contributed by atoms with Crippen LogP contribution in [0.15, 0.2) is 84.9 Å². The summed E-state index contributed by atoms with van der Waals surface area (Å²) in [6.07, 6.45) is 1.08. The summed E-state index contributed by atoms with van der Waals surface area (Å²) in [5.41, 5.74) is 5.25. The van der Waals surface area contributed by atoms with Crippen molar-refractivity contribution in [1.29, 1.82) is 0 Å². The molecule has 3 rings (SSSR count). The largest absolute Gasteiger partial charge is 0.376 e. The maximum atomic E-state index is 6.15. The second kappa shape index (κ2) is 12.0. The molecule has 0 saturated carbocycles. The van der Waals surface area contributed by atoms with E-state index in [-0.39, 0.29) is 5.41 Å². The van der Waals surface area contributed by atoms with Crippen LogP contribution in [0.1, 0.15) is 68.2 Å². The van der Waals surface area contributed by atoms with Crippen molar-refractivity contribution in [1.82, 2.24) is 0 Å². The van der Waals surface area contributed by atoms with Crippen LogP contribution in [0.25, 0.3) is 0 Å². The Morgan fingerprint density at radius 2 is 1.09 bits per heavy atom. The van der Waals surface area contributed by atoms with E-state index in [0.29, 0.717) is 25.0 Å². The van der Waals surface area contributed by atoms with Crippen LogP contribution in [0.5, 0.6) is 0 Å². The fraction of sp³-hybridized carbons (Fsp3) is 0.400. The lowest BCUT2D eigenvalue weighted by molar-refractivity contribution is 0.0769. The van der Waals surface area contributed by atoms with E-state index in [1.807, 2.05) is 0 Å². The van der Waals surface area contributed by atoms with E-state index in [4.69, 9.17) is 9.47 Å². The van der Waals surface area contributed by atoms with Crippen LogP contribution in [-0.4, -0.2) is 13.2 Å². The molecule has 0 heterocycles. The number of ether oxygens (including phenoxy) is 2. The molecule has 2 heteroatoms. The van der Waals surface area contributed by atoms with E-state index in [9.17, 15) is 0 Å². The highest BCUT2D eigenvalue weighted by molar-refractivity contribution is 5.23. The Labute approximate surface area is 194 Å². The number of rotatable bonds is 11. The predicted molar refractivity (Wildman–Crippen MR) is 134 cm³/mol. The molecule has 0 bridgehead atoms. The van der Waals surface area contributed by atoms with E-state index >= 15 is 0 Å². The summed E-state index contributed by atoms with van der Waals surface area (Å²) in [7, 11) is 0. The molecule has 0 aliphatic carbocycles. The van der Waals surface area contributed by atoms with Gasteiger partial charge in [-0.05, 0) is 34.1 Å². The van der Waals surface area contributed by atoms with Crippen LogP contribution in [0.3, 0.4) is 0 Å². The molecule has 0 fully saturated rings. The minimum atomic E-state index is 0.151. The Morgan fingerprint density at radius 1 is 0.625 bits per heavy atom. The van der Waals surface area contributed by atoms with Crippen molar-refractivity contribution in [2.45, 2.75) is 59.2 Å². The molecule has 170 valence electrons. The van der Waals surface area contributed by atoms with Gasteiger partial charge in [-0.3, -0.25) is 0 Å². The van der Waals surface area contributed by atoms with Gasteiger partial charge in [-0.15, -0.1) is 0 Å². The monoisotopic (exact) mass is 430 g/mol. The van der Waals surface area contributed by atoms with Gasteiger partial charge in [0.25, 0.3) is 0 Å². The van der Waals surface area contributed by atoms with Gasteiger partial charge < -0.3 is 9.47 Å². The third-order valence-corrected chi connectivity index (χ3v) is 6.18. The highest BCUT2D eigenvalue weighted by Crippen LogP contribution is 2.35. The summed E-state index contributed by atoms with van der Waals surface area (Å²) in [5.74, 6) is 0.816. The van der Waals surface area contributed by atoms with Crippen LogP contribution in [0.2, 0.25) is 0 Å². The molecule has 2 nitrogen and oxygen atoms in total. The first-order chi connectivity index (χ1) is 15.5. The standard InChI is InChI=1S/C30H38O2/c1-5-26(27-12-8-6-9-13-27)22-31-20-24-16-18-25(19-17-24)21-32-23-29(30(2,3)4)28-14-10-7-11-15-28/h6-19,26,29H,5,20-23H2,1-4H3/t26-,29-/m1/s1. The van der Waals surface area contributed by atoms with Gasteiger partial charge in [0.15, 0.2) is 0 Å². The Bertz CT molecular complexity index is 895. The molecule has 0 amide bonds. The maximum Gasteiger partial charge on any atom is 0.0717 e. The lowest BCUT2D eigenvalue weighted by atomic mass is 9.77. The van der Waals surface area contributed by atoms with E-state index in [1.165, 1.54) is 22.3 Å². The maximum absolute atomic E-state index is 6.15. The molecule has 0 aliphatic rings. The predicted octanol–water partition coefficient (Wildman–Crippen LogP) is 7.74. The van der Waals surface area contributed by atoms with Crippen molar-refractivity contribution >= 4 is 0 Å². The Hall–Kier alpha value is -2.42. The van der Waals surface area contributed by atoms with Crippen molar-refractivity contribution in [2.75, 3.05) is 13.2 Å². The average molecular weight is 431 g/mol. The second-order valence-corrected chi connectivity index (χ2v) is 9.69. The molecular weight excluding hydrogens is 392 g/mol. The van der Waals surface area contributed by atoms with Gasteiger partial charge in [-0.2, -0.15) is 0 Å². The van der Waals surface area contributed by atoms with Crippen molar-refractivity contribution in [3.05, 3.63) is 107 Å². The summed E-state index contributed by atoms with van der Waals surface area (Å²) in [5, 5.41) is 0. The van der Waals surface area contributed by atoms with Crippen LogP contribution in [-0.2, 0) is 22.7 Å². The van der Waals surface area contributed by atoms with Gasteiger partial charge in [0.2, 0.25) is 0 Å². The molecule has 0 aromatic heterocycles. The fourth-order valence-electron chi connectivity index (χ4n) is 4.05. The fourth-order valence-corrected chi connectivity index (χ4v) is 4.05. The Morgan fingerprint density at radius 3 is 1.56 bits per heavy atom. The van der Waals surface area contributed by atoms with Gasteiger partial charge in [0.05, 0.1) is 26.4 Å². The van der Waals surface area contributed by atoms with Crippen LogP contribution in [0, 0.1) is 5.41 Å². The Kier molecular flexibility index (Phi) is 9.08. The zero-order valence-corrected chi connectivity index (χ0v) is 20.1. The molecule has 3 aromatic carbocycles. The van der Waals surface area contributed by atoms with Gasteiger partial charge in [0.1, 0.15) is 0 Å². The first-order valence-corrected chi connectivity index (χ1v) is 11.8. The van der Waals surface area contributed by atoms with E-state index in [0.717, 1.165) is 19.6 Å². The van der Waals surface area contributed by atoms with E-state index < -0.39 is 0 Å². The minimum absolute atomic E-state index is 0.151. The van der Waals surface area contributed by atoms with Crippen molar-refractivity contribution < 1.29 is 9.47 Å². The summed E-state index contributed by atoms with van der Waals surface area (Å²) in [6.45, 7) is 11.8. The normalized spacial score (nSPS) is 13.6. The lowest BCUT2D eigenvalue weighted by Gasteiger charge is -2.31. The van der Waals surface area contributed by atoms with E-state index in [1.54, 1.807) is 0 Å². The SMILES string of the molecule is CC[C@H](COCc1ccc(COC[C@H](c2ccccc2)C(C)(C)C)cc1)c1ccccc1. The average Bonchev–Trinajstić information content (AvgIpc) is 2.81. The molecule has 0 radical (unpaired) electrons. The third-order valence-electron chi connectivity index (χ3n) is 6.18. The Balaban J connectivity index is 1.46. The lowest BCUT2D eigenvalue weighted by Crippen LogP contribution is -2.23. The molecule has 0 unspecified atom stereocenters. The summed E-state index contributed by atoms with van der Waals surface area (Å²) in [6, 6.07) is 29.9. The van der Waals surface area contributed by atoms with Crippen LogP contribution < -0.4 is 0 Å². The smallest absolute Gasteiger partial charge is 0.0717 e. The first kappa shape index (κ1) is 24.2. The quantitative estimate of drug-likeness (QED) is 0.310. The molecular formula is C30H38O2.